The van der Waals surface area contributed by atoms with E-state index in [0.717, 1.165) is 5.56 Å². The minimum absolute atomic E-state index is 0.168. The number of carbonyl (C=O) groups is 2. The molecule has 0 radical (unpaired) electrons. The Labute approximate surface area is 159 Å². The second-order valence-electron chi connectivity index (χ2n) is 5.94. The molecule has 0 saturated heterocycles. The fraction of sp³-hybridized carbons (Fsp3) is 0.263. The number of carbonyl (C=O) groups excluding carboxylic acids is 2. The third-order valence-electron chi connectivity index (χ3n) is 3.62. The molecule has 0 bridgehead atoms. The summed E-state index contributed by atoms with van der Waals surface area (Å²) >= 11 is 5.90. The Kier molecular flexibility index (Phi) is 7.24. The quantitative estimate of drug-likeness (QED) is 0.736. The van der Waals surface area contributed by atoms with Crippen LogP contribution < -0.4 is 10.6 Å². The minimum atomic E-state index is -4.44. The smallest absolute Gasteiger partial charge is 0.347 e. The molecule has 0 aromatic heterocycles. The molecule has 2 amide bonds. The van der Waals surface area contributed by atoms with Crippen LogP contribution in [0.4, 0.5) is 18.9 Å². The van der Waals surface area contributed by atoms with Crippen LogP contribution in [0.15, 0.2) is 48.5 Å². The molecule has 144 valence electrons. The Morgan fingerprint density at radius 2 is 1.67 bits per heavy atom. The van der Waals surface area contributed by atoms with Gasteiger partial charge in [-0.05, 0) is 41.8 Å². The lowest BCUT2D eigenvalue weighted by Crippen LogP contribution is -2.34. The molecule has 0 aliphatic carbocycles. The van der Waals surface area contributed by atoms with Gasteiger partial charge in [-0.25, -0.2) is 0 Å². The molecular weight excluding hydrogens is 381 g/mol. The zero-order valence-corrected chi connectivity index (χ0v) is 15.0. The fourth-order valence-corrected chi connectivity index (χ4v) is 2.54. The first-order chi connectivity index (χ1) is 12.7. The largest absolute Gasteiger partial charge is 0.405 e. The molecule has 4 nitrogen and oxygen atoms in total. The van der Waals surface area contributed by atoms with E-state index in [0.29, 0.717) is 22.7 Å². The van der Waals surface area contributed by atoms with Gasteiger partial charge in [-0.2, -0.15) is 13.2 Å². The zero-order chi connectivity index (χ0) is 19.9. The average Bonchev–Trinajstić information content (AvgIpc) is 2.59. The van der Waals surface area contributed by atoms with E-state index in [1.54, 1.807) is 36.4 Å². The Morgan fingerprint density at radius 3 is 2.30 bits per heavy atom. The lowest BCUT2D eigenvalue weighted by molar-refractivity contribution is -0.138. The first kappa shape index (κ1) is 20.8. The van der Waals surface area contributed by atoms with Crippen LogP contribution in [0.3, 0.4) is 0 Å². The van der Waals surface area contributed by atoms with Crippen LogP contribution in [0.5, 0.6) is 0 Å². The number of alkyl halides is 3. The lowest BCUT2D eigenvalue weighted by Gasteiger charge is -2.09. The van der Waals surface area contributed by atoms with Crippen molar-refractivity contribution in [1.82, 2.24) is 5.32 Å². The molecule has 0 spiro atoms. The van der Waals surface area contributed by atoms with Crippen molar-refractivity contribution in [2.45, 2.75) is 25.4 Å². The molecule has 2 aromatic rings. The molecule has 0 fully saturated rings. The van der Waals surface area contributed by atoms with Gasteiger partial charge in [0.2, 0.25) is 11.8 Å². The molecule has 2 N–H and O–H groups in total. The zero-order valence-electron chi connectivity index (χ0n) is 14.3. The van der Waals surface area contributed by atoms with Gasteiger partial charge in [0.15, 0.2) is 0 Å². The van der Waals surface area contributed by atoms with Gasteiger partial charge < -0.3 is 10.6 Å². The maximum atomic E-state index is 12.1. The van der Waals surface area contributed by atoms with Gasteiger partial charge in [-0.15, -0.1) is 0 Å². The molecule has 0 saturated carbocycles. The molecule has 27 heavy (non-hydrogen) atoms. The molecular formula is C19H18ClF3N2O2. The SMILES string of the molecule is O=C(Cc1ccc(NC(=O)CCc2cccc(Cl)c2)cc1)NCC(F)(F)F. The van der Waals surface area contributed by atoms with Crippen molar-refractivity contribution in [3.05, 3.63) is 64.7 Å². The van der Waals surface area contributed by atoms with E-state index in [1.165, 1.54) is 0 Å². The van der Waals surface area contributed by atoms with E-state index in [2.05, 4.69) is 5.32 Å². The number of hydrogen-bond acceptors (Lipinski definition) is 2. The van der Waals surface area contributed by atoms with Gasteiger partial charge in [-0.1, -0.05) is 35.9 Å². The minimum Gasteiger partial charge on any atom is -0.347 e. The first-order valence-electron chi connectivity index (χ1n) is 8.18. The number of halogens is 4. The molecule has 8 heteroatoms. The van der Waals surface area contributed by atoms with Gasteiger partial charge in [0.25, 0.3) is 0 Å². The van der Waals surface area contributed by atoms with Crippen molar-refractivity contribution >= 4 is 29.1 Å². The van der Waals surface area contributed by atoms with Gasteiger partial charge in [0, 0.05) is 17.1 Å². The van der Waals surface area contributed by atoms with Gasteiger partial charge in [0.05, 0.1) is 6.42 Å². The molecule has 0 aliphatic rings. The van der Waals surface area contributed by atoms with Crippen molar-refractivity contribution in [1.29, 1.82) is 0 Å². The van der Waals surface area contributed by atoms with E-state index >= 15 is 0 Å². The van der Waals surface area contributed by atoms with Crippen molar-refractivity contribution in [2.75, 3.05) is 11.9 Å². The summed E-state index contributed by atoms with van der Waals surface area (Å²) in [7, 11) is 0. The third kappa shape index (κ3) is 8.13. The van der Waals surface area contributed by atoms with E-state index in [4.69, 9.17) is 11.6 Å². The number of nitrogens with one attached hydrogen (secondary N) is 2. The van der Waals surface area contributed by atoms with E-state index in [1.807, 2.05) is 17.4 Å². The highest BCUT2D eigenvalue weighted by Crippen LogP contribution is 2.15. The lowest BCUT2D eigenvalue weighted by atomic mass is 10.1. The normalized spacial score (nSPS) is 11.1. The van der Waals surface area contributed by atoms with Gasteiger partial charge in [0.1, 0.15) is 6.54 Å². The summed E-state index contributed by atoms with van der Waals surface area (Å²) in [6.07, 6.45) is -3.78. The molecule has 2 rings (SSSR count). The number of benzene rings is 2. The summed E-state index contributed by atoms with van der Waals surface area (Å²) in [5.41, 5.74) is 2.05. The Hall–Kier alpha value is -2.54. The van der Waals surface area contributed by atoms with Crippen molar-refractivity contribution < 1.29 is 22.8 Å². The molecule has 2 aromatic carbocycles. The summed E-state index contributed by atoms with van der Waals surface area (Å²) in [5, 5.41) is 5.16. The van der Waals surface area contributed by atoms with Crippen LogP contribution in [-0.2, 0) is 22.4 Å². The Bertz CT molecular complexity index is 792. The number of amides is 2. The van der Waals surface area contributed by atoms with Crippen LogP contribution in [0.2, 0.25) is 5.02 Å². The van der Waals surface area contributed by atoms with Crippen LogP contribution >= 0.6 is 11.6 Å². The summed E-state index contributed by atoms with van der Waals surface area (Å²) in [6, 6.07) is 13.6. The van der Waals surface area contributed by atoms with Crippen LogP contribution in [0.1, 0.15) is 17.5 Å². The summed E-state index contributed by atoms with van der Waals surface area (Å²) in [6.45, 7) is -1.35. The second kappa shape index (κ2) is 9.41. The molecule has 0 unspecified atom stereocenters. The molecule has 0 heterocycles. The van der Waals surface area contributed by atoms with Gasteiger partial charge >= 0.3 is 6.18 Å². The first-order valence-corrected chi connectivity index (χ1v) is 8.56. The number of rotatable bonds is 7. The summed E-state index contributed by atoms with van der Waals surface area (Å²) in [5.74, 6) is -0.892. The van der Waals surface area contributed by atoms with E-state index < -0.39 is 18.6 Å². The number of anilines is 1. The van der Waals surface area contributed by atoms with Crippen LogP contribution in [0, 0.1) is 0 Å². The van der Waals surface area contributed by atoms with Crippen molar-refractivity contribution in [3.8, 4) is 0 Å². The predicted molar refractivity (Wildman–Crippen MR) is 97.6 cm³/mol. The van der Waals surface area contributed by atoms with Gasteiger partial charge in [-0.3, -0.25) is 9.59 Å². The maximum absolute atomic E-state index is 12.1. The average molecular weight is 399 g/mol. The van der Waals surface area contributed by atoms with Crippen LogP contribution in [0.25, 0.3) is 0 Å². The van der Waals surface area contributed by atoms with Crippen molar-refractivity contribution in [3.63, 3.8) is 0 Å². The molecule has 0 aliphatic heterocycles. The summed E-state index contributed by atoms with van der Waals surface area (Å²) in [4.78, 5) is 23.5. The van der Waals surface area contributed by atoms with E-state index in [-0.39, 0.29) is 18.7 Å². The Balaban J connectivity index is 1.79. The summed E-state index contributed by atoms with van der Waals surface area (Å²) < 4.78 is 36.2. The second-order valence-corrected chi connectivity index (χ2v) is 6.38. The maximum Gasteiger partial charge on any atom is 0.405 e. The monoisotopic (exact) mass is 398 g/mol. The predicted octanol–water partition coefficient (Wildman–Crippen LogP) is 4.13. The van der Waals surface area contributed by atoms with E-state index in [9.17, 15) is 22.8 Å². The fourth-order valence-electron chi connectivity index (χ4n) is 2.33. The topological polar surface area (TPSA) is 58.2 Å². The Morgan fingerprint density at radius 1 is 0.963 bits per heavy atom. The standard InChI is InChI=1S/C19H18ClF3N2O2/c20-15-3-1-2-13(10-15)6-9-17(26)25-16-7-4-14(5-8-16)11-18(27)24-12-19(21,22)23/h1-5,7-8,10H,6,9,11-12H2,(H,24,27)(H,25,26). The highest BCUT2D eigenvalue weighted by Gasteiger charge is 2.27. The van der Waals surface area contributed by atoms with Crippen LogP contribution in [-0.4, -0.2) is 24.5 Å². The van der Waals surface area contributed by atoms with Crippen molar-refractivity contribution in [2.24, 2.45) is 0 Å². The highest BCUT2D eigenvalue weighted by molar-refractivity contribution is 6.30. The number of aryl methyl sites for hydroxylation is 1. The molecule has 0 atom stereocenters. The number of hydrogen-bond donors (Lipinski definition) is 2. The third-order valence-corrected chi connectivity index (χ3v) is 3.85. The highest BCUT2D eigenvalue weighted by atomic mass is 35.5.